The number of carbonyl (C=O) groups is 1. The second kappa shape index (κ2) is 7.79. The van der Waals surface area contributed by atoms with Crippen molar-refractivity contribution >= 4 is 5.91 Å². The van der Waals surface area contributed by atoms with E-state index in [4.69, 9.17) is 14.2 Å². The van der Waals surface area contributed by atoms with Crippen LogP contribution in [0.15, 0.2) is 42.6 Å². The minimum atomic E-state index is -0.347. The molecule has 1 fully saturated rings. The molecule has 24 heavy (non-hydrogen) atoms. The zero-order valence-corrected chi connectivity index (χ0v) is 13.5. The van der Waals surface area contributed by atoms with Crippen molar-refractivity contribution in [3.8, 4) is 17.4 Å². The molecule has 2 aromatic rings. The molecule has 1 aromatic heterocycles. The molecule has 1 atom stereocenters. The van der Waals surface area contributed by atoms with Crippen molar-refractivity contribution in [2.75, 3.05) is 13.7 Å². The van der Waals surface area contributed by atoms with Crippen molar-refractivity contribution in [2.45, 2.75) is 25.5 Å². The van der Waals surface area contributed by atoms with Crippen LogP contribution >= 0.6 is 0 Å². The molecule has 1 aromatic carbocycles. The number of nitrogens with zero attached hydrogens (tertiary/aromatic N) is 1. The van der Waals surface area contributed by atoms with Gasteiger partial charge in [-0.15, -0.1) is 0 Å². The van der Waals surface area contributed by atoms with Gasteiger partial charge in [0.2, 0.25) is 11.8 Å². The van der Waals surface area contributed by atoms with E-state index in [1.165, 1.54) is 0 Å². The van der Waals surface area contributed by atoms with Gasteiger partial charge in [0.05, 0.1) is 7.11 Å². The van der Waals surface area contributed by atoms with Crippen molar-refractivity contribution in [2.24, 2.45) is 0 Å². The van der Waals surface area contributed by atoms with E-state index < -0.39 is 0 Å². The summed E-state index contributed by atoms with van der Waals surface area (Å²) >= 11 is 0. The van der Waals surface area contributed by atoms with Gasteiger partial charge >= 0.3 is 0 Å². The van der Waals surface area contributed by atoms with Gasteiger partial charge in [-0.25, -0.2) is 4.98 Å². The topological polar surface area (TPSA) is 69.7 Å². The van der Waals surface area contributed by atoms with Gasteiger partial charge in [0.25, 0.3) is 0 Å². The SMILES string of the molecule is COc1ccccc1Oc1ncccc1CNC(=O)C1CCCO1. The number of carbonyl (C=O) groups excluding carboxylic acids is 1. The molecule has 0 bridgehead atoms. The molecular formula is C18H20N2O4. The number of methoxy groups -OCH3 is 1. The minimum Gasteiger partial charge on any atom is -0.493 e. The van der Waals surface area contributed by atoms with Crippen LogP contribution in [0.4, 0.5) is 0 Å². The van der Waals surface area contributed by atoms with Gasteiger partial charge in [0, 0.05) is 24.9 Å². The molecule has 1 aliphatic heterocycles. The maximum absolute atomic E-state index is 12.1. The van der Waals surface area contributed by atoms with E-state index in [1.54, 1.807) is 13.3 Å². The van der Waals surface area contributed by atoms with E-state index in [-0.39, 0.29) is 12.0 Å². The Morgan fingerprint density at radius 2 is 2.12 bits per heavy atom. The lowest BCUT2D eigenvalue weighted by molar-refractivity contribution is -0.130. The number of hydrogen-bond acceptors (Lipinski definition) is 5. The Balaban J connectivity index is 1.69. The number of pyridine rings is 1. The molecule has 1 saturated heterocycles. The highest BCUT2D eigenvalue weighted by atomic mass is 16.5. The van der Waals surface area contributed by atoms with Gasteiger partial charge in [0.1, 0.15) is 6.10 Å². The summed E-state index contributed by atoms with van der Waals surface area (Å²) in [4.78, 5) is 16.3. The zero-order chi connectivity index (χ0) is 16.8. The minimum absolute atomic E-state index is 0.0976. The number of hydrogen-bond donors (Lipinski definition) is 1. The van der Waals surface area contributed by atoms with Crippen molar-refractivity contribution in [1.29, 1.82) is 0 Å². The van der Waals surface area contributed by atoms with Gasteiger partial charge in [-0.05, 0) is 31.0 Å². The average molecular weight is 328 g/mol. The molecule has 2 heterocycles. The number of amides is 1. The van der Waals surface area contributed by atoms with Crippen LogP contribution in [0.3, 0.4) is 0 Å². The Morgan fingerprint density at radius 1 is 1.29 bits per heavy atom. The number of para-hydroxylation sites is 2. The third-order valence-corrected chi connectivity index (χ3v) is 3.80. The van der Waals surface area contributed by atoms with E-state index in [0.717, 1.165) is 18.4 Å². The Morgan fingerprint density at radius 3 is 2.88 bits per heavy atom. The zero-order valence-electron chi connectivity index (χ0n) is 13.5. The quantitative estimate of drug-likeness (QED) is 0.883. The fourth-order valence-electron chi connectivity index (χ4n) is 2.54. The first-order valence-corrected chi connectivity index (χ1v) is 7.92. The smallest absolute Gasteiger partial charge is 0.249 e. The fraction of sp³-hybridized carbons (Fsp3) is 0.333. The molecule has 1 N–H and O–H groups in total. The Hall–Kier alpha value is -2.60. The average Bonchev–Trinajstić information content (AvgIpc) is 3.16. The molecular weight excluding hydrogens is 308 g/mol. The Bertz CT molecular complexity index is 699. The normalized spacial score (nSPS) is 16.6. The van der Waals surface area contributed by atoms with E-state index >= 15 is 0 Å². The maximum Gasteiger partial charge on any atom is 0.249 e. The lowest BCUT2D eigenvalue weighted by Crippen LogP contribution is -2.33. The molecule has 126 valence electrons. The molecule has 0 aliphatic carbocycles. The number of aromatic nitrogens is 1. The molecule has 1 amide bonds. The van der Waals surface area contributed by atoms with Gasteiger partial charge in [-0.2, -0.15) is 0 Å². The summed E-state index contributed by atoms with van der Waals surface area (Å²) in [5, 5.41) is 2.88. The van der Waals surface area contributed by atoms with Crippen molar-refractivity contribution in [1.82, 2.24) is 10.3 Å². The lowest BCUT2D eigenvalue weighted by Gasteiger charge is -2.14. The summed E-state index contributed by atoms with van der Waals surface area (Å²) in [5.41, 5.74) is 0.787. The van der Waals surface area contributed by atoms with Crippen LogP contribution in [0.1, 0.15) is 18.4 Å². The van der Waals surface area contributed by atoms with Gasteiger partial charge in [-0.1, -0.05) is 18.2 Å². The number of benzene rings is 1. The molecule has 3 rings (SSSR count). The van der Waals surface area contributed by atoms with Crippen molar-refractivity contribution in [3.05, 3.63) is 48.2 Å². The van der Waals surface area contributed by atoms with Crippen LogP contribution in [-0.2, 0) is 16.1 Å². The molecule has 1 unspecified atom stereocenters. The van der Waals surface area contributed by atoms with E-state index in [0.29, 0.717) is 30.5 Å². The molecule has 0 spiro atoms. The monoisotopic (exact) mass is 328 g/mol. The van der Waals surface area contributed by atoms with Gasteiger partial charge in [0.15, 0.2) is 11.5 Å². The van der Waals surface area contributed by atoms with Crippen LogP contribution in [0.2, 0.25) is 0 Å². The third-order valence-electron chi connectivity index (χ3n) is 3.80. The van der Waals surface area contributed by atoms with E-state index in [2.05, 4.69) is 10.3 Å². The summed E-state index contributed by atoms with van der Waals surface area (Å²) in [7, 11) is 1.59. The molecule has 0 saturated carbocycles. The van der Waals surface area contributed by atoms with Crippen LogP contribution in [0.25, 0.3) is 0 Å². The fourth-order valence-corrected chi connectivity index (χ4v) is 2.54. The Kier molecular flexibility index (Phi) is 5.28. The van der Waals surface area contributed by atoms with E-state index in [1.807, 2.05) is 36.4 Å². The second-order valence-corrected chi connectivity index (χ2v) is 5.44. The van der Waals surface area contributed by atoms with Crippen LogP contribution in [0, 0.1) is 0 Å². The largest absolute Gasteiger partial charge is 0.493 e. The Labute approximate surface area is 140 Å². The number of ether oxygens (including phenoxy) is 3. The first kappa shape index (κ1) is 16.3. The summed E-state index contributed by atoms with van der Waals surface area (Å²) < 4.78 is 16.5. The lowest BCUT2D eigenvalue weighted by atomic mass is 10.2. The summed E-state index contributed by atoms with van der Waals surface area (Å²) in [6.07, 6.45) is 2.99. The summed E-state index contributed by atoms with van der Waals surface area (Å²) in [6.45, 7) is 0.976. The van der Waals surface area contributed by atoms with Gasteiger partial charge < -0.3 is 19.5 Å². The molecule has 6 heteroatoms. The highest BCUT2D eigenvalue weighted by Gasteiger charge is 2.23. The molecule has 0 radical (unpaired) electrons. The van der Waals surface area contributed by atoms with Crippen molar-refractivity contribution < 1.29 is 19.0 Å². The standard InChI is InChI=1S/C18H20N2O4/c1-22-14-7-2-3-8-15(14)24-18-13(6-4-10-19-18)12-20-17(21)16-9-5-11-23-16/h2-4,6-8,10,16H,5,9,11-12H2,1H3,(H,20,21). The van der Waals surface area contributed by atoms with Crippen LogP contribution in [-0.4, -0.2) is 30.7 Å². The van der Waals surface area contributed by atoms with Crippen LogP contribution in [0.5, 0.6) is 17.4 Å². The number of nitrogens with one attached hydrogen (secondary N) is 1. The molecule has 1 aliphatic rings. The number of rotatable bonds is 6. The highest BCUT2D eigenvalue weighted by molar-refractivity contribution is 5.81. The predicted octanol–water partition coefficient (Wildman–Crippen LogP) is 2.68. The second-order valence-electron chi connectivity index (χ2n) is 5.44. The maximum atomic E-state index is 12.1. The molecule has 6 nitrogen and oxygen atoms in total. The first-order chi connectivity index (χ1) is 11.8. The third kappa shape index (κ3) is 3.83. The van der Waals surface area contributed by atoms with Crippen LogP contribution < -0.4 is 14.8 Å². The summed E-state index contributed by atoms with van der Waals surface area (Å²) in [6, 6.07) is 11.0. The predicted molar refractivity (Wildman–Crippen MR) is 88.1 cm³/mol. The van der Waals surface area contributed by atoms with Crippen molar-refractivity contribution in [3.63, 3.8) is 0 Å². The highest BCUT2D eigenvalue weighted by Crippen LogP contribution is 2.31. The van der Waals surface area contributed by atoms with Gasteiger partial charge in [-0.3, -0.25) is 4.79 Å². The first-order valence-electron chi connectivity index (χ1n) is 7.92. The summed E-state index contributed by atoms with van der Waals surface area (Å²) in [5.74, 6) is 1.54. The van der Waals surface area contributed by atoms with E-state index in [9.17, 15) is 4.79 Å².